The molecule has 2 rings (SSSR count). The second kappa shape index (κ2) is 6.23. The van der Waals surface area contributed by atoms with Crippen molar-refractivity contribution in [3.8, 4) is 5.75 Å². The number of hydrogen-bond acceptors (Lipinski definition) is 3. The number of aliphatic hydroxyl groups is 1. The molecule has 6 heteroatoms. The molecule has 0 radical (unpaired) electrons. The van der Waals surface area contributed by atoms with E-state index in [9.17, 15) is 18.3 Å². The predicted molar refractivity (Wildman–Crippen MR) is 73.0 cm³/mol. The van der Waals surface area contributed by atoms with Gasteiger partial charge in [0.2, 0.25) is 0 Å². The van der Waals surface area contributed by atoms with E-state index < -0.39 is 12.0 Å². The normalized spacial score (nSPS) is 26.6. The molecule has 0 spiro atoms. The van der Waals surface area contributed by atoms with Crippen LogP contribution in [0.3, 0.4) is 0 Å². The van der Waals surface area contributed by atoms with Gasteiger partial charge in [-0.05, 0) is 37.1 Å². The highest BCUT2D eigenvalue weighted by molar-refractivity contribution is 5.28. The molecule has 2 atom stereocenters. The third-order valence-electron chi connectivity index (χ3n) is 4.05. The zero-order valence-electron chi connectivity index (χ0n) is 11.9. The molecular formula is C15H20F3NO2. The van der Waals surface area contributed by atoms with Crippen LogP contribution in [-0.2, 0) is 6.42 Å². The summed E-state index contributed by atoms with van der Waals surface area (Å²) in [6.07, 6.45) is -2.73. The zero-order valence-corrected chi connectivity index (χ0v) is 11.9. The van der Waals surface area contributed by atoms with Gasteiger partial charge in [-0.1, -0.05) is 19.1 Å². The molecule has 0 aliphatic carbocycles. The molecule has 1 aliphatic rings. The van der Waals surface area contributed by atoms with Gasteiger partial charge < -0.3 is 15.2 Å². The Morgan fingerprint density at radius 3 is 2.57 bits per heavy atom. The van der Waals surface area contributed by atoms with Gasteiger partial charge in [-0.15, -0.1) is 13.2 Å². The average Bonchev–Trinajstić information content (AvgIpc) is 2.40. The van der Waals surface area contributed by atoms with Gasteiger partial charge in [0, 0.05) is 18.9 Å². The molecule has 1 aromatic carbocycles. The Morgan fingerprint density at radius 1 is 1.33 bits per heavy atom. The number of ether oxygens (including phenoxy) is 1. The molecule has 0 amide bonds. The summed E-state index contributed by atoms with van der Waals surface area (Å²) in [5, 5.41) is 14.0. The average molecular weight is 303 g/mol. The summed E-state index contributed by atoms with van der Waals surface area (Å²) in [6, 6.07) is 5.73. The van der Waals surface area contributed by atoms with Gasteiger partial charge in [-0.2, -0.15) is 0 Å². The summed E-state index contributed by atoms with van der Waals surface area (Å²) in [7, 11) is 0. The van der Waals surface area contributed by atoms with Crippen molar-refractivity contribution >= 4 is 0 Å². The van der Waals surface area contributed by atoms with Crippen LogP contribution in [-0.4, -0.2) is 30.2 Å². The van der Waals surface area contributed by atoms with E-state index in [1.54, 1.807) is 12.1 Å². The quantitative estimate of drug-likeness (QED) is 0.898. The van der Waals surface area contributed by atoms with Crippen LogP contribution in [0.25, 0.3) is 0 Å². The number of hydrogen-bond donors (Lipinski definition) is 2. The highest BCUT2D eigenvalue weighted by atomic mass is 19.4. The fraction of sp³-hybridized carbons (Fsp3) is 0.600. The third-order valence-corrected chi connectivity index (χ3v) is 4.05. The van der Waals surface area contributed by atoms with E-state index in [4.69, 9.17) is 0 Å². The molecule has 0 aromatic heterocycles. The van der Waals surface area contributed by atoms with Crippen LogP contribution in [0.4, 0.5) is 13.2 Å². The lowest BCUT2D eigenvalue weighted by Gasteiger charge is -2.40. The molecule has 2 N–H and O–H groups in total. The SMILES string of the molecule is CCC1CNCCC1(O)Cc1ccc(OC(F)(F)F)cc1. The number of rotatable bonds is 4. The van der Waals surface area contributed by atoms with Crippen LogP contribution in [0.2, 0.25) is 0 Å². The molecule has 1 aliphatic heterocycles. The molecule has 0 bridgehead atoms. The third kappa shape index (κ3) is 4.35. The number of alkyl halides is 3. The largest absolute Gasteiger partial charge is 0.573 e. The Balaban J connectivity index is 2.05. The first-order valence-electron chi connectivity index (χ1n) is 7.10. The number of benzene rings is 1. The van der Waals surface area contributed by atoms with E-state index in [0.29, 0.717) is 12.8 Å². The van der Waals surface area contributed by atoms with E-state index in [2.05, 4.69) is 10.1 Å². The highest BCUT2D eigenvalue weighted by Gasteiger charge is 2.37. The van der Waals surface area contributed by atoms with Crippen molar-refractivity contribution in [1.29, 1.82) is 0 Å². The molecule has 118 valence electrons. The number of nitrogens with one attached hydrogen (secondary N) is 1. The van der Waals surface area contributed by atoms with E-state index >= 15 is 0 Å². The standard InChI is InChI=1S/C15H20F3NO2/c1-2-12-10-19-8-7-14(12,20)9-11-3-5-13(6-4-11)21-15(16,17)18/h3-6,12,19-20H,2,7-10H2,1H3. The fourth-order valence-corrected chi connectivity index (χ4v) is 2.89. The molecule has 0 saturated carbocycles. The Kier molecular flexibility index (Phi) is 4.78. The van der Waals surface area contributed by atoms with E-state index in [1.807, 2.05) is 6.92 Å². The van der Waals surface area contributed by atoms with E-state index in [-0.39, 0.29) is 11.7 Å². The fourth-order valence-electron chi connectivity index (χ4n) is 2.89. The first kappa shape index (κ1) is 16.1. The van der Waals surface area contributed by atoms with Crippen molar-refractivity contribution in [1.82, 2.24) is 5.32 Å². The zero-order chi connectivity index (χ0) is 15.5. The summed E-state index contributed by atoms with van der Waals surface area (Å²) in [5.74, 6) is -0.0899. The Bertz CT molecular complexity index is 461. The second-order valence-corrected chi connectivity index (χ2v) is 5.53. The first-order chi connectivity index (χ1) is 9.82. The van der Waals surface area contributed by atoms with Gasteiger partial charge in [-0.25, -0.2) is 0 Å². The number of halogens is 3. The molecule has 2 unspecified atom stereocenters. The maximum absolute atomic E-state index is 12.1. The summed E-state index contributed by atoms with van der Waals surface area (Å²) >= 11 is 0. The number of piperidine rings is 1. The summed E-state index contributed by atoms with van der Waals surface area (Å²) < 4.78 is 40.2. The van der Waals surface area contributed by atoms with Gasteiger partial charge >= 0.3 is 6.36 Å². The van der Waals surface area contributed by atoms with Crippen LogP contribution < -0.4 is 10.1 Å². The van der Waals surface area contributed by atoms with Crippen molar-refractivity contribution in [2.24, 2.45) is 5.92 Å². The van der Waals surface area contributed by atoms with Crippen molar-refractivity contribution in [3.05, 3.63) is 29.8 Å². The van der Waals surface area contributed by atoms with Crippen LogP contribution in [0.5, 0.6) is 5.75 Å². The van der Waals surface area contributed by atoms with Crippen LogP contribution >= 0.6 is 0 Å². The Labute approximate surface area is 122 Å². The van der Waals surface area contributed by atoms with Crippen molar-refractivity contribution < 1.29 is 23.0 Å². The predicted octanol–water partition coefficient (Wildman–Crippen LogP) is 2.88. The summed E-state index contributed by atoms with van der Waals surface area (Å²) in [5.41, 5.74) is 0.0132. The second-order valence-electron chi connectivity index (χ2n) is 5.53. The first-order valence-corrected chi connectivity index (χ1v) is 7.10. The minimum atomic E-state index is -4.68. The molecular weight excluding hydrogens is 283 g/mol. The highest BCUT2D eigenvalue weighted by Crippen LogP contribution is 2.31. The minimum absolute atomic E-state index is 0.150. The van der Waals surface area contributed by atoms with Gasteiger partial charge in [0.25, 0.3) is 0 Å². The van der Waals surface area contributed by atoms with E-state index in [0.717, 1.165) is 25.1 Å². The van der Waals surface area contributed by atoms with Crippen LogP contribution in [0.1, 0.15) is 25.3 Å². The van der Waals surface area contributed by atoms with Gasteiger partial charge in [0.1, 0.15) is 5.75 Å². The molecule has 1 heterocycles. The molecule has 1 aromatic rings. The minimum Gasteiger partial charge on any atom is -0.406 e. The lowest BCUT2D eigenvalue weighted by Crippen LogP contribution is -2.51. The van der Waals surface area contributed by atoms with Gasteiger partial charge in [-0.3, -0.25) is 0 Å². The maximum atomic E-state index is 12.1. The van der Waals surface area contributed by atoms with Gasteiger partial charge in [0.05, 0.1) is 5.60 Å². The molecule has 1 saturated heterocycles. The van der Waals surface area contributed by atoms with E-state index in [1.165, 1.54) is 12.1 Å². The molecule has 3 nitrogen and oxygen atoms in total. The van der Waals surface area contributed by atoms with Crippen LogP contribution in [0.15, 0.2) is 24.3 Å². The maximum Gasteiger partial charge on any atom is 0.573 e. The van der Waals surface area contributed by atoms with Crippen LogP contribution in [0, 0.1) is 5.92 Å². The van der Waals surface area contributed by atoms with Crippen molar-refractivity contribution in [2.75, 3.05) is 13.1 Å². The summed E-state index contributed by atoms with van der Waals surface area (Å²) in [6.45, 7) is 3.55. The topological polar surface area (TPSA) is 41.5 Å². The van der Waals surface area contributed by atoms with Crippen molar-refractivity contribution in [2.45, 2.75) is 38.1 Å². The monoisotopic (exact) mass is 303 g/mol. The summed E-state index contributed by atoms with van der Waals surface area (Å²) in [4.78, 5) is 0. The smallest absolute Gasteiger partial charge is 0.406 e. The Morgan fingerprint density at radius 2 is 2.00 bits per heavy atom. The molecule has 1 fully saturated rings. The lowest BCUT2D eigenvalue weighted by atomic mass is 9.76. The lowest BCUT2D eigenvalue weighted by molar-refractivity contribution is -0.274. The Hall–Kier alpha value is -1.27. The van der Waals surface area contributed by atoms with Crippen molar-refractivity contribution in [3.63, 3.8) is 0 Å². The van der Waals surface area contributed by atoms with Gasteiger partial charge in [0.15, 0.2) is 0 Å². The molecule has 21 heavy (non-hydrogen) atoms.